The average molecular weight is 374 g/mol. The molecule has 0 saturated carbocycles. The Hall–Kier alpha value is -2.40. The number of amides is 1. The van der Waals surface area contributed by atoms with Gasteiger partial charge >= 0.3 is 0 Å². The first-order valence-electron chi connectivity index (χ1n) is 8.92. The molecule has 2 aliphatic heterocycles. The van der Waals surface area contributed by atoms with Crippen LogP contribution in [-0.4, -0.2) is 48.6 Å². The predicted molar refractivity (Wildman–Crippen MR) is 107 cm³/mol. The van der Waals surface area contributed by atoms with Gasteiger partial charge in [-0.25, -0.2) is 0 Å². The smallest absolute Gasteiger partial charge is 0.254 e. The first-order chi connectivity index (χ1) is 12.2. The molecule has 0 bridgehead atoms. The molecule has 0 aliphatic carbocycles. The van der Waals surface area contributed by atoms with Gasteiger partial charge in [-0.15, -0.1) is 12.4 Å². The molecule has 1 amide bonds. The number of aromatic hydroxyl groups is 1. The zero-order valence-corrected chi connectivity index (χ0v) is 15.5. The van der Waals surface area contributed by atoms with Gasteiger partial charge in [-0.2, -0.15) is 0 Å². The Bertz CT molecular complexity index is 788. The number of halogens is 1. The fourth-order valence-electron chi connectivity index (χ4n) is 3.76. The highest BCUT2D eigenvalue weighted by molar-refractivity contribution is 5.97. The Labute approximate surface area is 160 Å². The van der Waals surface area contributed by atoms with E-state index in [0.29, 0.717) is 18.8 Å². The number of benzene rings is 2. The van der Waals surface area contributed by atoms with Crippen LogP contribution < -0.4 is 10.2 Å². The average Bonchev–Trinajstić information content (AvgIpc) is 2.67. The molecule has 0 atom stereocenters. The van der Waals surface area contributed by atoms with E-state index < -0.39 is 0 Å². The second-order valence-corrected chi connectivity index (χ2v) is 6.63. The molecule has 2 aliphatic rings. The standard InChI is InChI=1S/C20H23N3O2.ClH/c24-19-9-2-1-8-18(19)22-11-13-23(14-12-22)20(25)16-5-3-7-17-15(16)6-4-10-21-17;/h1-3,5,7-9,21,24H,4,6,10-14H2;1H. The van der Waals surface area contributed by atoms with Gasteiger partial charge in [-0.1, -0.05) is 18.2 Å². The van der Waals surface area contributed by atoms with Gasteiger partial charge in [-0.3, -0.25) is 4.79 Å². The minimum atomic E-state index is 0. The molecule has 2 aromatic rings. The van der Waals surface area contributed by atoms with Crippen LogP contribution in [0.15, 0.2) is 42.5 Å². The van der Waals surface area contributed by atoms with Gasteiger partial charge in [0.15, 0.2) is 0 Å². The number of phenols is 1. The fourth-order valence-corrected chi connectivity index (χ4v) is 3.76. The molecule has 5 nitrogen and oxygen atoms in total. The molecular formula is C20H24ClN3O2. The summed E-state index contributed by atoms with van der Waals surface area (Å²) in [5, 5.41) is 13.4. The lowest BCUT2D eigenvalue weighted by atomic mass is 9.96. The number of nitrogens with one attached hydrogen (secondary N) is 1. The molecular weight excluding hydrogens is 350 g/mol. The summed E-state index contributed by atoms with van der Waals surface area (Å²) in [6, 6.07) is 13.3. The number of para-hydroxylation sites is 2. The van der Waals surface area contributed by atoms with Crippen LogP contribution in [-0.2, 0) is 6.42 Å². The van der Waals surface area contributed by atoms with Crippen LogP contribution in [0.2, 0.25) is 0 Å². The lowest BCUT2D eigenvalue weighted by Crippen LogP contribution is -2.49. The summed E-state index contributed by atoms with van der Waals surface area (Å²) in [7, 11) is 0. The van der Waals surface area contributed by atoms with E-state index in [1.54, 1.807) is 6.07 Å². The monoisotopic (exact) mass is 373 g/mol. The highest BCUT2D eigenvalue weighted by atomic mass is 35.5. The van der Waals surface area contributed by atoms with Crippen LogP contribution >= 0.6 is 12.4 Å². The van der Waals surface area contributed by atoms with Crippen LogP contribution in [0.5, 0.6) is 5.75 Å². The third kappa shape index (κ3) is 3.44. The molecule has 2 N–H and O–H groups in total. The molecule has 138 valence electrons. The predicted octanol–water partition coefficient (Wildman–Crippen LogP) is 3.13. The number of hydrogen-bond acceptors (Lipinski definition) is 4. The van der Waals surface area contributed by atoms with Crippen LogP contribution in [0.3, 0.4) is 0 Å². The summed E-state index contributed by atoms with van der Waals surface area (Å²) in [6.45, 7) is 3.78. The molecule has 1 fully saturated rings. The number of phenolic OH excluding ortho intramolecular Hbond substituents is 1. The second kappa shape index (κ2) is 7.87. The molecule has 0 unspecified atom stereocenters. The summed E-state index contributed by atoms with van der Waals surface area (Å²) in [5.74, 6) is 0.419. The van der Waals surface area contributed by atoms with Crippen molar-refractivity contribution in [3.05, 3.63) is 53.6 Å². The highest BCUT2D eigenvalue weighted by Gasteiger charge is 2.26. The molecule has 0 aromatic heterocycles. The molecule has 6 heteroatoms. The third-order valence-electron chi connectivity index (χ3n) is 5.11. The van der Waals surface area contributed by atoms with Crippen LogP contribution in [0.25, 0.3) is 0 Å². The Morgan fingerprint density at radius 2 is 1.77 bits per heavy atom. The van der Waals surface area contributed by atoms with Crippen LogP contribution in [0, 0.1) is 0 Å². The van der Waals surface area contributed by atoms with Crippen molar-refractivity contribution < 1.29 is 9.90 Å². The Morgan fingerprint density at radius 1 is 1.00 bits per heavy atom. The third-order valence-corrected chi connectivity index (χ3v) is 5.11. The number of hydrogen-bond donors (Lipinski definition) is 2. The first-order valence-corrected chi connectivity index (χ1v) is 8.92. The number of carbonyl (C=O) groups is 1. The number of nitrogens with zero attached hydrogens (tertiary/aromatic N) is 2. The molecule has 0 radical (unpaired) electrons. The summed E-state index contributed by atoms with van der Waals surface area (Å²) in [6.07, 6.45) is 2.03. The second-order valence-electron chi connectivity index (χ2n) is 6.63. The van der Waals surface area contributed by atoms with Crippen molar-refractivity contribution in [2.75, 3.05) is 42.9 Å². The number of fused-ring (bicyclic) bond motifs is 1. The largest absolute Gasteiger partial charge is 0.506 e. The van der Waals surface area contributed by atoms with E-state index in [2.05, 4.69) is 16.3 Å². The number of piperazine rings is 1. The Morgan fingerprint density at radius 3 is 2.54 bits per heavy atom. The maximum Gasteiger partial charge on any atom is 0.254 e. The topological polar surface area (TPSA) is 55.8 Å². The SMILES string of the molecule is Cl.O=C(c1cccc2c1CCCN2)N1CCN(c2ccccc2O)CC1. The Kier molecular flexibility index (Phi) is 5.57. The fraction of sp³-hybridized carbons (Fsp3) is 0.350. The quantitative estimate of drug-likeness (QED) is 0.849. The van der Waals surface area contributed by atoms with E-state index in [-0.39, 0.29) is 18.3 Å². The molecule has 2 heterocycles. The van der Waals surface area contributed by atoms with E-state index in [9.17, 15) is 9.90 Å². The van der Waals surface area contributed by atoms with Gasteiger partial charge in [-0.05, 0) is 42.7 Å². The van der Waals surface area contributed by atoms with Gasteiger partial charge in [0.25, 0.3) is 5.91 Å². The van der Waals surface area contributed by atoms with E-state index >= 15 is 0 Å². The minimum absolute atomic E-state index is 0. The van der Waals surface area contributed by atoms with Crippen LogP contribution in [0.4, 0.5) is 11.4 Å². The van der Waals surface area contributed by atoms with Crippen molar-refractivity contribution in [2.45, 2.75) is 12.8 Å². The minimum Gasteiger partial charge on any atom is -0.506 e. The van der Waals surface area contributed by atoms with Crippen molar-refractivity contribution >= 4 is 29.7 Å². The summed E-state index contributed by atoms with van der Waals surface area (Å²) in [4.78, 5) is 17.1. The number of rotatable bonds is 2. The van der Waals surface area contributed by atoms with Gasteiger partial charge in [0.05, 0.1) is 5.69 Å². The first kappa shape index (κ1) is 18.4. The zero-order valence-electron chi connectivity index (χ0n) is 14.6. The summed E-state index contributed by atoms with van der Waals surface area (Å²) < 4.78 is 0. The molecule has 4 rings (SSSR count). The van der Waals surface area contributed by atoms with Crippen molar-refractivity contribution in [1.29, 1.82) is 0 Å². The summed E-state index contributed by atoms with van der Waals surface area (Å²) in [5.41, 5.74) is 3.93. The molecule has 26 heavy (non-hydrogen) atoms. The lowest BCUT2D eigenvalue weighted by molar-refractivity contribution is 0.0745. The van der Waals surface area contributed by atoms with Gasteiger partial charge in [0.1, 0.15) is 5.75 Å². The van der Waals surface area contributed by atoms with Crippen LogP contribution in [0.1, 0.15) is 22.3 Å². The highest BCUT2D eigenvalue weighted by Crippen LogP contribution is 2.29. The normalized spacial score (nSPS) is 16.3. The van der Waals surface area contributed by atoms with Crippen molar-refractivity contribution in [3.8, 4) is 5.75 Å². The van der Waals surface area contributed by atoms with Crippen molar-refractivity contribution in [1.82, 2.24) is 4.90 Å². The van der Waals surface area contributed by atoms with E-state index in [1.807, 2.05) is 35.2 Å². The zero-order chi connectivity index (χ0) is 17.2. The maximum atomic E-state index is 13.0. The van der Waals surface area contributed by atoms with E-state index in [1.165, 1.54) is 0 Å². The molecule has 1 saturated heterocycles. The number of carbonyl (C=O) groups excluding carboxylic acids is 1. The van der Waals surface area contributed by atoms with E-state index in [0.717, 1.165) is 55.0 Å². The van der Waals surface area contributed by atoms with Gasteiger partial charge in [0.2, 0.25) is 0 Å². The van der Waals surface area contributed by atoms with Gasteiger partial charge in [0, 0.05) is 44.0 Å². The van der Waals surface area contributed by atoms with Crippen molar-refractivity contribution in [2.24, 2.45) is 0 Å². The molecule has 0 spiro atoms. The number of anilines is 2. The van der Waals surface area contributed by atoms with E-state index in [4.69, 9.17) is 0 Å². The van der Waals surface area contributed by atoms with Gasteiger partial charge < -0.3 is 20.2 Å². The lowest BCUT2D eigenvalue weighted by Gasteiger charge is -2.36. The summed E-state index contributed by atoms with van der Waals surface area (Å²) >= 11 is 0. The Balaban J connectivity index is 0.00000196. The molecule has 2 aromatic carbocycles. The maximum absolute atomic E-state index is 13.0. The van der Waals surface area contributed by atoms with Crippen molar-refractivity contribution in [3.63, 3.8) is 0 Å².